The highest BCUT2D eigenvalue weighted by Crippen LogP contribution is 2.67. The van der Waals surface area contributed by atoms with Crippen molar-refractivity contribution in [1.82, 2.24) is 5.32 Å². The maximum Gasteiger partial charge on any atom is 0.509 e. The van der Waals surface area contributed by atoms with Gasteiger partial charge in [-0.2, -0.15) is 0 Å². The molecule has 0 aromatic heterocycles. The summed E-state index contributed by atoms with van der Waals surface area (Å²) in [6.45, 7) is 11.8. The van der Waals surface area contributed by atoms with Crippen molar-refractivity contribution in [1.29, 1.82) is 0 Å². The highest BCUT2D eigenvalue weighted by Gasteiger charge is 2.82. The molecule has 1 unspecified atom stereocenters. The Kier molecular flexibility index (Phi) is 20.2. The molecule has 2 saturated carbocycles. The molecule has 1 heterocycles. The van der Waals surface area contributed by atoms with Crippen molar-refractivity contribution in [3.63, 3.8) is 0 Å². The zero-order valence-electron chi connectivity index (χ0n) is 48.4. The Balaban J connectivity index is 1.49. The van der Waals surface area contributed by atoms with Gasteiger partial charge in [0.25, 0.3) is 0 Å². The monoisotopic (exact) mass is 1310 g/mol. The van der Waals surface area contributed by atoms with Gasteiger partial charge >= 0.3 is 36.4 Å². The minimum atomic E-state index is -2.75. The highest BCUT2D eigenvalue weighted by atomic mass is 35.6. The van der Waals surface area contributed by atoms with Crippen LogP contribution in [0.25, 0.3) is 6.08 Å². The van der Waals surface area contributed by atoms with E-state index in [4.69, 9.17) is 117 Å². The molecule has 1 saturated heterocycles. The van der Waals surface area contributed by atoms with Crippen molar-refractivity contribution in [2.45, 2.75) is 149 Å². The first-order valence-electron chi connectivity index (χ1n) is 26.9. The Labute approximate surface area is 526 Å². The van der Waals surface area contributed by atoms with E-state index in [2.05, 4.69) is 5.32 Å². The number of Topliss-reactive ketones (excluding diaryl/α,β-unsaturated/α-hetero) is 1. The zero-order chi connectivity index (χ0) is 63.8. The van der Waals surface area contributed by atoms with Gasteiger partial charge in [0.05, 0.1) is 23.5 Å². The van der Waals surface area contributed by atoms with E-state index in [9.17, 15) is 33.9 Å². The molecule has 466 valence electrons. The number of aliphatic hydroxyl groups is 1. The van der Waals surface area contributed by atoms with Gasteiger partial charge in [-0.05, 0) is 88.9 Å². The number of hydrogen-bond donors (Lipinski definition) is 2. The Bertz CT molecular complexity index is 3150. The predicted octanol–water partition coefficient (Wildman–Crippen LogP) is 11.4. The number of carbonyl (C=O) groups is 8. The van der Waals surface area contributed by atoms with Crippen molar-refractivity contribution in [2.75, 3.05) is 19.8 Å². The molecule has 2 N–H and O–H groups in total. The number of carbonyl (C=O) groups excluding carboxylic acids is 8. The SMILES string of the molecule is CC(=O)O[C@@]12CO[C@]1(C)C[C@H](OC(=O)OCC(Cl)(Cl)Cl)[C@@]1(C)C(=O)[C@H](OC(=O)OCC(Cl)(Cl)Cl)C3=C(C)[C@@H](OC(=O)[C@H](OC(=O)OC(C)(C)C)[C@@H](NC(=O)/C(C)=C/c4ccccc4)c4ccccc4)CC(O)([C@@H](OC(=O)c4ccccc4)[C@@H]12)C3(C)C. The number of esters is 3. The normalized spacial score (nSPS) is 27.7. The van der Waals surface area contributed by atoms with Gasteiger partial charge in [-0.15, -0.1) is 0 Å². The third kappa shape index (κ3) is 14.5. The number of amides is 1. The minimum Gasteiger partial charge on any atom is -0.455 e. The molecule has 11 atom stereocenters. The highest BCUT2D eigenvalue weighted by molar-refractivity contribution is 6.68. The van der Waals surface area contributed by atoms with E-state index in [0.717, 1.165) is 6.92 Å². The zero-order valence-corrected chi connectivity index (χ0v) is 52.9. The van der Waals surface area contributed by atoms with Gasteiger partial charge in [0.15, 0.2) is 17.5 Å². The summed E-state index contributed by atoms with van der Waals surface area (Å²) in [7, 11) is 0. The Morgan fingerprint density at radius 3 is 1.81 bits per heavy atom. The number of halogens is 6. The number of ether oxygens (including phenoxy) is 10. The van der Waals surface area contributed by atoms with Gasteiger partial charge < -0.3 is 57.8 Å². The Hall–Kier alpha value is -5.84. The number of benzene rings is 3. The molecule has 0 radical (unpaired) electrons. The van der Waals surface area contributed by atoms with Crippen LogP contribution < -0.4 is 5.32 Å². The van der Waals surface area contributed by atoms with Crippen LogP contribution in [0.2, 0.25) is 0 Å². The van der Waals surface area contributed by atoms with Gasteiger partial charge in [0, 0.05) is 30.8 Å². The number of hydrogen-bond acceptors (Lipinski definition) is 19. The summed E-state index contributed by atoms with van der Waals surface area (Å²) in [5.74, 6) is -7.25. The number of fused-ring (bicyclic) bond motifs is 5. The first-order chi connectivity index (χ1) is 39.9. The lowest BCUT2D eigenvalue weighted by molar-refractivity contribution is -0.383. The first-order valence-corrected chi connectivity index (χ1v) is 29.2. The lowest BCUT2D eigenvalue weighted by Crippen LogP contribution is -2.85. The molecule has 86 heavy (non-hydrogen) atoms. The van der Waals surface area contributed by atoms with Crippen LogP contribution in [0.4, 0.5) is 14.4 Å². The van der Waals surface area contributed by atoms with Crippen LogP contribution in [0.3, 0.4) is 0 Å². The summed E-state index contributed by atoms with van der Waals surface area (Å²) in [6.07, 6.45) is -14.5. The molecule has 1 amide bonds. The van der Waals surface area contributed by atoms with Crippen LogP contribution in [0.1, 0.15) is 110 Å². The minimum absolute atomic E-state index is 0.0781. The largest absolute Gasteiger partial charge is 0.509 e. The maximum atomic E-state index is 16.7. The Morgan fingerprint density at radius 1 is 0.744 bits per heavy atom. The van der Waals surface area contributed by atoms with Crippen LogP contribution in [0, 0.1) is 16.7 Å². The van der Waals surface area contributed by atoms with Crippen LogP contribution in [-0.2, 0) is 66.5 Å². The molecule has 1 aliphatic heterocycles. The number of nitrogens with one attached hydrogen (secondary N) is 1. The number of rotatable bonds is 15. The van der Waals surface area contributed by atoms with Gasteiger partial charge in [-0.25, -0.2) is 24.0 Å². The second-order valence-electron chi connectivity index (χ2n) is 23.3. The standard InChI is InChI=1S/C60H65Cl6NO19/c1-32(26-35-20-14-11-15-21-35)47(70)67-41(36-22-16-12-17-23-36)43(83-52(75)86-53(4,5)6)49(72)80-38-27-57(76)46(84-48(71)37-24-18-13-19-25-37)44-56(10,45(69)42(40(33(38)2)54(57,7)8)82-51(74)78-31-60(64,65)66)39(81-50(73)77-30-59(61,62)63)28-55(9)58(44,29-79-55)85-34(3)68/h11-26,38-39,41-44,46,76H,27-31H2,1-10H3,(H,67,70)/b32-26+/t38-,39-,41-,42+,43+,44-,46-,55+,56+,57?,58+/m0/s1. The molecule has 2 bridgehead atoms. The van der Waals surface area contributed by atoms with E-state index in [-0.39, 0.29) is 27.8 Å². The van der Waals surface area contributed by atoms with Crippen molar-refractivity contribution in [2.24, 2.45) is 16.7 Å². The number of alkyl halides is 6. The van der Waals surface area contributed by atoms with E-state index in [0.29, 0.717) is 5.56 Å². The van der Waals surface area contributed by atoms with Gasteiger partial charge in [0.2, 0.25) is 19.6 Å². The Morgan fingerprint density at radius 2 is 1.29 bits per heavy atom. The quantitative estimate of drug-likeness (QED) is 0.0471. The third-order valence-corrected chi connectivity index (χ3v) is 16.6. The van der Waals surface area contributed by atoms with Crippen molar-refractivity contribution in [3.05, 3.63) is 124 Å². The van der Waals surface area contributed by atoms with E-state index in [1.807, 2.05) is 0 Å². The summed E-state index contributed by atoms with van der Waals surface area (Å²) in [5.41, 5.74) is -11.8. The second-order valence-corrected chi connectivity index (χ2v) is 28.3. The van der Waals surface area contributed by atoms with Gasteiger partial charge in [0.1, 0.15) is 54.4 Å². The lowest BCUT2D eigenvalue weighted by atomic mass is 9.42. The second kappa shape index (κ2) is 25.7. The summed E-state index contributed by atoms with van der Waals surface area (Å²) in [4.78, 5) is 117. The molecule has 3 aromatic carbocycles. The molecule has 3 fully saturated rings. The van der Waals surface area contributed by atoms with E-state index in [1.54, 1.807) is 93.6 Å². The molecular weight excluding hydrogens is 1250 g/mol. The summed E-state index contributed by atoms with van der Waals surface area (Å²) < 4.78 is 55.1. The molecule has 7 rings (SSSR count). The van der Waals surface area contributed by atoms with Crippen molar-refractivity contribution < 1.29 is 90.8 Å². The summed E-state index contributed by atoms with van der Waals surface area (Å²) in [6, 6.07) is 22.7. The van der Waals surface area contributed by atoms with Crippen LogP contribution in [0.15, 0.2) is 108 Å². The lowest BCUT2D eigenvalue weighted by Gasteiger charge is -2.70. The van der Waals surface area contributed by atoms with Gasteiger partial charge in [-0.3, -0.25) is 14.4 Å². The fourth-order valence-electron chi connectivity index (χ4n) is 11.8. The topological polar surface area (TPSA) is 261 Å². The van der Waals surface area contributed by atoms with E-state index < -0.39 is 164 Å². The molecule has 3 aliphatic carbocycles. The smallest absolute Gasteiger partial charge is 0.455 e. The average molecular weight is 1320 g/mol. The fourth-order valence-corrected chi connectivity index (χ4v) is 12.1. The molecule has 20 nitrogen and oxygen atoms in total. The molecule has 0 spiro atoms. The summed E-state index contributed by atoms with van der Waals surface area (Å²) in [5, 5.41) is 17.2. The predicted molar refractivity (Wildman–Crippen MR) is 313 cm³/mol. The van der Waals surface area contributed by atoms with Crippen LogP contribution in [0.5, 0.6) is 0 Å². The molecule has 4 aliphatic rings. The van der Waals surface area contributed by atoms with E-state index in [1.165, 1.54) is 65.8 Å². The van der Waals surface area contributed by atoms with Crippen LogP contribution >= 0.6 is 69.6 Å². The van der Waals surface area contributed by atoms with Crippen molar-refractivity contribution in [3.8, 4) is 0 Å². The van der Waals surface area contributed by atoms with E-state index >= 15 is 9.59 Å². The first kappa shape index (κ1) is 67.7. The third-order valence-electron chi connectivity index (χ3n) is 16.0. The van der Waals surface area contributed by atoms with Crippen LogP contribution in [-0.4, -0.2) is 134 Å². The average Bonchev–Trinajstić information content (AvgIpc) is 0.662. The number of ketones is 1. The molecule has 26 heteroatoms. The summed E-state index contributed by atoms with van der Waals surface area (Å²) >= 11 is 35.8. The molecule has 3 aromatic rings. The molecular formula is C60H65Cl6NO19. The fraction of sp³-hybridized carbons (Fsp3) is 0.500. The maximum absolute atomic E-state index is 16.7. The van der Waals surface area contributed by atoms with Crippen molar-refractivity contribution >= 4 is 124 Å². The van der Waals surface area contributed by atoms with Gasteiger partial charge in [-0.1, -0.05) is 162 Å².